The van der Waals surface area contributed by atoms with Crippen LogP contribution in [0.3, 0.4) is 0 Å². The Kier molecular flexibility index (Phi) is 7.28. The van der Waals surface area contributed by atoms with Crippen molar-refractivity contribution in [1.82, 2.24) is 5.32 Å². The summed E-state index contributed by atoms with van der Waals surface area (Å²) in [4.78, 5) is 36.9. The molecule has 4 aliphatic heterocycles. The van der Waals surface area contributed by atoms with Crippen LogP contribution in [-0.2, 0) is 33.6 Å². The fourth-order valence-corrected chi connectivity index (χ4v) is 6.99. The van der Waals surface area contributed by atoms with Gasteiger partial charge >= 0.3 is 5.97 Å². The molecule has 1 spiro atoms. The Morgan fingerprint density at radius 2 is 1.97 bits per heavy atom. The first-order valence-electron chi connectivity index (χ1n) is 13.6. The van der Waals surface area contributed by atoms with E-state index in [1.807, 2.05) is 6.92 Å². The Morgan fingerprint density at radius 1 is 1.11 bits per heavy atom. The molecule has 196 valence electrons. The maximum Gasteiger partial charge on any atom is 0.308 e. The molecule has 2 aliphatic carbocycles. The molecule has 8 heteroatoms. The van der Waals surface area contributed by atoms with E-state index in [9.17, 15) is 9.59 Å². The molecule has 8 atom stereocenters. The molecular weight excluding hydrogens is 450 g/mol. The van der Waals surface area contributed by atoms with E-state index < -0.39 is 29.9 Å². The highest BCUT2D eigenvalue weighted by Gasteiger charge is 2.69. The quantitative estimate of drug-likeness (QED) is 0.318. The molecule has 0 aromatic heterocycles. The summed E-state index contributed by atoms with van der Waals surface area (Å²) in [7, 11) is 0. The summed E-state index contributed by atoms with van der Waals surface area (Å²) in [6, 6.07) is 0. The molecule has 1 N–H and O–H groups in total. The van der Waals surface area contributed by atoms with Crippen LogP contribution in [0.25, 0.3) is 0 Å². The lowest BCUT2D eigenvalue weighted by Crippen LogP contribution is -2.70. The second-order valence-corrected chi connectivity index (χ2v) is 11.5. The minimum absolute atomic E-state index is 0.0272. The van der Waals surface area contributed by atoms with E-state index in [2.05, 4.69) is 25.2 Å². The van der Waals surface area contributed by atoms with Crippen molar-refractivity contribution in [3.05, 3.63) is 11.6 Å². The van der Waals surface area contributed by atoms with Gasteiger partial charge in [-0.05, 0) is 70.1 Å². The number of fused-ring (bicyclic) bond motifs is 2. The second kappa shape index (κ2) is 10.1. The van der Waals surface area contributed by atoms with E-state index in [-0.39, 0.29) is 36.5 Å². The molecule has 0 aromatic carbocycles. The van der Waals surface area contributed by atoms with Crippen molar-refractivity contribution in [3.63, 3.8) is 0 Å². The summed E-state index contributed by atoms with van der Waals surface area (Å²) < 4.78 is 18.4. The third-order valence-corrected chi connectivity index (χ3v) is 9.05. The number of nitrogens with one attached hydrogen (secondary N) is 1. The van der Waals surface area contributed by atoms with Crippen LogP contribution in [0.4, 0.5) is 0 Å². The number of carbonyl (C=O) groups is 2. The molecule has 2 bridgehead atoms. The van der Waals surface area contributed by atoms with Crippen LogP contribution >= 0.6 is 0 Å². The molecule has 6 rings (SSSR count). The number of hydrogen-bond donors (Lipinski definition) is 1. The summed E-state index contributed by atoms with van der Waals surface area (Å²) in [5.41, 5.74) is 0.748. The molecule has 1 amide bonds. The number of esters is 1. The van der Waals surface area contributed by atoms with E-state index >= 15 is 0 Å². The Morgan fingerprint density at radius 3 is 2.77 bits per heavy atom. The van der Waals surface area contributed by atoms with Crippen molar-refractivity contribution in [2.45, 2.75) is 115 Å². The lowest BCUT2D eigenvalue weighted by molar-refractivity contribution is -0.576. The van der Waals surface area contributed by atoms with Crippen molar-refractivity contribution < 1.29 is 33.6 Å². The van der Waals surface area contributed by atoms with Crippen LogP contribution in [0.5, 0.6) is 0 Å². The molecular formula is C27H41NO7. The van der Waals surface area contributed by atoms with E-state index in [1.165, 1.54) is 18.4 Å². The highest BCUT2D eigenvalue weighted by atomic mass is 17.3. The Hall–Kier alpha value is -1.48. The second-order valence-electron chi connectivity index (χ2n) is 11.5. The third-order valence-electron chi connectivity index (χ3n) is 9.05. The molecule has 35 heavy (non-hydrogen) atoms. The average Bonchev–Trinajstić information content (AvgIpc) is 3.07. The molecule has 4 saturated heterocycles. The SMILES string of the molecule is CC1CCC2C(C)C(OC(=O)CCC(=O)NCCC3=CCCCC3)OC3OC4(C)CCC1C32OO4. The number of hydrogen-bond acceptors (Lipinski definition) is 7. The molecule has 8 unspecified atom stereocenters. The molecule has 5 fully saturated rings. The molecule has 6 aliphatic rings. The standard InChI is InChI=1S/C27H41NO7/c1-17-9-10-21-18(2)24(32-25-27(21)20(17)13-15-26(3,33-25)34-35-27)31-23(30)12-11-22(29)28-16-14-19-7-5-4-6-8-19/h7,17-18,20-21,24-25H,4-6,8-16H2,1-3H3,(H,28,29). The van der Waals surface area contributed by atoms with Crippen LogP contribution in [0.1, 0.15) is 91.4 Å². The lowest BCUT2D eigenvalue weighted by atomic mass is 9.58. The van der Waals surface area contributed by atoms with Gasteiger partial charge < -0.3 is 19.5 Å². The highest BCUT2D eigenvalue weighted by molar-refractivity contribution is 5.81. The topological polar surface area (TPSA) is 92.3 Å². The molecule has 4 heterocycles. The normalized spacial score (nSPS) is 42.4. The number of rotatable bonds is 7. The van der Waals surface area contributed by atoms with E-state index in [4.69, 9.17) is 24.0 Å². The number of carbonyl (C=O) groups excluding carboxylic acids is 2. The van der Waals surface area contributed by atoms with Gasteiger partial charge in [-0.25, -0.2) is 9.78 Å². The van der Waals surface area contributed by atoms with Crippen molar-refractivity contribution in [3.8, 4) is 0 Å². The minimum atomic E-state index is -0.863. The van der Waals surface area contributed by atoms with E-state index in [1.54, 1.807) is 0 Å². The van der Waals surface area contributed by atoms with Gasteiger partial charge in [-0.1, -0.05) is 25.5 Å². The van der Waals surface area contributed by atoms with E-state index in [0.29, 0.717) is 12.5 Å². The fraction of sp³-hybridized carbons (Fsp3) is 0.852. The first-order chi connectivity index (χ1) is 16.8. The maximum absolute atomic E-state index is 12.7. The smallest absolute Gasteiger partial charge is 0.308 e. The fourth-order valence-electron chi connectivity index (χ4n) is 6.99. The van der Waals surface area contributed by atoms with Gasteiger partial charge in [0.2, 0.25) is 18.0 Å². The van der Waals surface area contributed by atoms with Gasteiger partial charge in [-0.2, -0.15) is 0 Å². The predicted molar refractivity (Wildman–Crippen MR) is 126 cm³/mol. The van der Waals surface area contributed by atoms with Crippen LogP contribution in [0.15, 0.2) is 11.6 Å². The lowest BCUT2D eigenvalue weighted by Gasteiger charge is -2.59. The Bertz CT molecular complexity index is 845. The first kappa shape index (κ1) is 25.2. The van der Waals surface area contributed by atoms with Crippen LogP contribution in [0, 0.1) is 23.7 Å². The number of amides is 1. The average molecular weight is 492 g/mol. The van der Waals surface area contributed by atoms with Gasteiger partial charge in [0.15, 0.2) is 11.9 Å². The van der Waals surface area contributed by atoms with Crippen molar-refractivity contribution in [2.75, 3.05) is 6.54 Å². The summed E-state index contributed by atoms with van der Waals surface area (Å²) in [6.07, 6.45) is 10.4. The van der Waals surface area contributed by atoms with Crippen molar-refractivity contribution >= 4 is 11.9 Å². The Balaban J connectivity index is 1.15. The zero-order valence-corrected chi connectivity index (χ0v) is 21.4. The van der Waals surface area contributed by atoms with Crippen molar-refractivity contribution in [2.24, 2.45) is 23.7 Å². The van der Waals surface area contributed by atoms with Gasteiger partial charge in [-0.15, -0.1) is 0 Å². The molecule has 0 radical (unpaired) electrons. The summed E-state index contributed by atoms with van der Waals surface area (Å²) in [5, 5.41) is 2.93. The monoisotopic (exact) mass is 491 g/mol. The Labute approximate surface area is 208 Å². The van der Waals surface area contributed by atoms with Gasteiger partial charge in [-0.3, -0.25) is 9.59 Å². The van der Waals surface area contributed by atoms with Crippen molar-refractivity contribution in [1.29, 1.82) is 0 Å². The number of allylic oxidation sites excluding steroid dienone is 1. The van der Waals surface area contributed by atoms with E-state index in [0.717, 1.165) is 44.9 Å². The summed E-state index contributed by atoms with van der Waals surface area (Å²) >= 11 is 0. The summed E-state index contributed by atoms with van der Waals surface area (Å²) in [6.45, 7) is 6.81. The molecule has 0 aromatic rings. The number of ether oxygens (including phenoxy) is 3. The zero-order chi connectivity index (χ0) is 24.6. The van der Waals surface area contributed by atoms with Crippen LogP contribution in [-0.4, -0.2) is 42.4 Å². The van der Waals surface area contributed by atoms with Crippen LogP contribution < -0.4 is 5.32 Å². The predicted octanol–water partition coefficient (Wildman–Crippen LogP) is 4.52. The largest absolute Gasteiger partial charge is 0.435 e. The van der Waals surface area contributed by atoms with Gasteiger partial charge in [0.1, 0.15) is 0 Å². The van der Waals surface area contributed by atoms with Gasteiger partial charge in [0.25, 0.3) is 0 Å². The minimum Gasteiger partial charge on any atom is -0.435 e. The maximum atomic E-state index is 12.7. The third kappa shape index (κ3) is 4.91. The summed E-state index contributed by atoms with van der Waals surface area (Å²) in [5.74, 6) is -0.643. The van der Waals surface area contributed by atoms with Gasteiger partial charge in [0.05, 0.1) is 6.42 Å². The molecule has 1 saturated carbocycles. The first-order valence-corrected chi connectivity index (χ1v) is 13.6. The molecule has 8 nitrogen and oxygen atoms in total. The highest BCUT2D eigenvalue weighted by Crippen LogP contribution is 2.60. The van der Waals surface area contributed by atoms with Gasteiger partial charge in [0, 0.05) is 31.2 Å². The van der Waals surface area contributed by atoms with Crippen LogP contribution in [0.2, 0.25) is 0 Å². The zero-order valence-electron chi connectivity index (χ0n) is 21.4.